The second kappa shape index (κ2) is 9.24. The zero-order valence-corrected chi connectivity index (χ0v) is 17.3. The Bertz CT molecular complexity index is 917. The van der Waals surface area contributed by atoms with E-state index in [1.807, 2.05) is 30.0 Å². The lowest BCUT2D eigenvalue weighted by Crippen LogP contribution is -2.57. The summed E-state index contributed by atoms with van der Waals surface area (Å²) in [6.07, 6.45) is 8.53. The normalized spacial score (nSPS) is 22.4. The van der Waals surface area contributed by atoms with E-state index < -0.39 is 0 Å². The smallest absolute Gasteiger partial charge is 0.257 e. The van der Waals surface area contributed by atoms with Crippen LogP contribution in [0.15, 0.2) is 36.8 Å². The quantitative estimate of drug-likeness (QED) is 0.784. The summed E-state index contributed by atoms with van der Waals surface area (Å²) in [5, 5.41) is 3.20. The predicted octanol–water partition coefficient (Wildman–Crippen LogP) is 3.14. The zero-order chi connectivity index (χ0) is 20.9. The fourth-order valence-electron chi connectivity index (χ4n) is 4.43. The first kappa shape index (κ1) is 20.3. The molecule has 1 fully saturated rings. The van der Waals surface area contributed by atoms with Crippen molar-refractivity contribution < 1.29 is 14.3 Å². The van der Waals surface area contributed by atoms with Crippen LogP contribution in [-0.2, 0) is 0 Å². The van der Waals surface area contributed by atoms with Crippen molar-refractivity contribution in [2.24, 2.45) is 0 Å². The zero-order valence-electron chi connectivity index (χ0n) is 17.3. The van der Waals surface area contributed by atoms with Crippen molar-refractivity contribution in [2.75, 3.05) is 13.2 Å². The largest absolute Gasteiger partial charge is 0.493 e. The van der Waals surface area contributed by atoms with Crippen LogP contribution in [0.2, 0.25) is 0 Å². The molecule has 1 aromatic carbocycles. The molecule has 2 aliphatic heterocycles. The molecule has 1 saturated heterocycles. The van der Waals surface area contributed by atoms with Crippen molar-refractivity contribution in [1.82, 2.24) is 20.2 Å². The molecule has 1 N–H and O–H groups in total. The molecular weight excluding hydrogens is 380 g/mol. The summed E-state index contributed by atoms with van der Waals surface area (Å²) >= 11 is 0. The van der Waals surface area contributed by atoms with Gasteiger partial charge in [0, 0.05) is 18.8 Å². The maximum absolute atomic E-state index is 13.3. The highest BCUT2D eigenvalue weighted by Crippen LogP contribution is 2.27. The summed E-state index contributed by atoms with van der Waals surface area (Å²) in [4.78, 5) is 36.6. The summed E-state index contributed by atoms with van der Waals surface area (Å²) in [5.74, 6) is 0.426. The molecule has 1 aromatic heterocycles. The Morgan fingerprint density at radius 2 is 2.03 bits per heavy atom. The molecule has 0 bridgehead atoms. The van der Waals surface area contributed by atoms with Crippen LogP contribution in [-0.4, -0.2) is 51.9 Å². The fourth-order valence-corrected chi connectivity index (χ4v) is 4.43. The number of piperidine rings is 1. The summed E-state index contributed by atoms with van der Waals surface area (Å²) in [7, 11) is 0. The van der Waals surface area contributed by atoms with Crippen molar-refractivity contribution in [1.29, 1.82) is 0 Å². The molecule has 2 atom stereocenters. The first-order valence-electron chi connectivity index (χ1n) is 10.8. The Hall–Kier alpha value is -2.96. The number of carbonyl (C=O) groups excluding carboxylic acids is 2. The second-order valence-corrected chi connectivity index (χ2v) is 8.00. The van der Waals surface area contributed by atoms with Gasteiger partial charge in [-0.25, -0.2) is 9.97 Å². The lowest BCUT2D eigenvalue weighted by Gasteiger charge is -2.42. The minimum atomic E-state index is -0.144. The van der Waals surface area contributed by atoms with Crippen molar-refractivity contribution >= 4 is 11.8 Å². The van der Waals surface area contributed by atoms with Crippen LogP contribution >= 0.6 is 0 Å². The van der Waals surface area contributed by atoms with E-state index in [4.69, 9.17) is 4.74 Å². The number of amides is 2. The highest BCUT2D eigenvalue weighted by molar-refractivity contribution is 5.97. The molecule has 0 unspecified atom stereocenters. The number of carbonyl (C=O) groups is 2. The number of aromatic nitrogens is 2. The molecule has 2 aromatic rings. The minimum absolute atomic E-state index is 0.0395. The van der Waals surface area contributed by atoms with Gasteiger partial charge in [-0.15, -0.1) is 0 Å². The maximum Gasteiger partial charge on any atom is 0.257 e. The van der Waals surface area contributed by atoms with Crippen LogP contribution in [0.3, 0.4) is 0 Å². The van der Waals surface area contributed by atoms with E-state index in [1.165, 1.54) is 6.33 Å². The molecule has 7 heteroatoms. The third kappa shape index (κ3) is 4.30. The molecule has 0 spiro atoms. The average molecular weight is 409 g/mol. The highest BCUT2D eigenvalue weighted by atomic mass is 16.5. The molecule has 0 aliphatic carbocycles. The van der Waals surface area contributed by atoms with Gasteiger partial charge in [-0.3, -0.25) is 9.59 Å². The van der Waals surface area contributed by atoms with Crippen molar-refractivity contribution in [3.05, 3.63) is 53.6 Å². The van der Waals surface area contributed by atoms with Crippen molar-refractivity contribution in [3.63, 3.8) is 0 Å². The van der Waals surface area contributed by atoms with Gasteiger partial charge >= 0.3 is 0 Å². The Labute approximate surface area is 176 Å². The van der Waals surface area contributed by atoms with Gasteiger partial charge in [0.15, 0.2) is 0 Å². The predicted molar refractivity (Wildman–Crippen MR) is 112 cm³/mol. The van der Waals surface area contributed by atoms with Crippen LogP contribution in [0.25, 0.3) is 0 Å². The molecule has 0 radical (unpaired) electrons. The van der Waals surface area contributed by atoms with Gasteiger partial charge in [-0.2, -0.15) is 0 Å². The summed E-state index contributed by atoms with van der Waals surface area (Å²) < 4.78 is 5.86. The van der Waals surface area contributed by atoms with Crippen LogP contribution in [0.4, 0.5) is 0 Å². The lowest BCUT2D eigenvalue weighted by atomic mass is 9.90. The molecule has 30 heavy (non-hydrogen) atoms. The maximum atomic E-state index is 13.3. The minimum Gasteiger partial charge on any atom is -0.493 e. The number of fused-ring (bicyclic) bond motifs is 2. The molecule has 2 aliphatic rings. The summed E-state index contributed by atoms with van der Waals surface area (Å²) in [6, 6.07) is 7.23. The first-order chi connectivity index (χ1) is 14.6. The van der Waals surface area contributed by atoms with Gasteiger partial charge in [0.05, 0.1) is 29.5 Å². The number of rotatable bonds is 1. The van der Waals surface area contributed by atoms with Crippen LogP contribution < -0.4 is 10.1 Å². The third-order valence-corrected chi connectivity index (χ3v) is 6.03. The number of nitrogens with zero attached hydrogens (tertiary/aromatic N) is 3. The topological polar surface area (TPSA) is 84.4 Å². The average Bonchev–Trinajstić information content (AvgIpc) is 2.76. The van der Waals surface area contributed by atoms with E-state index in [0.717, 1.165) is 38.5 Å². The number of benzene rings is 1. The van der Waals surface area contributed by atoms with Gasteiger partial charge < -0.3 is 15.0 Å². The number of nitrogens with one attached hydrogen (secondary N) is 1. The van der Waals surface area contributed by atoms with Crippen molar-refractivity contribution in [2.45, 2.75) is 57.5 Å². The van der Waals surface area contributed by atoms with E-state index in [1.54, 1.807) is 12.3 Å². The number of ether oxygens (including phenoxy) is 1. The molecule has 158 valence electrons. The molecule has 4 rings (SSSR count). The summed E-state index contributed by atoms with van der Waals surface area (Å²) in [5.41, 5.74) is 1.77. The SMILES string of the molecule is Cc1ncncc1C(=O)N1CCC[C@@H]2NC(=O)c3ccccc3OCCCCC[C@@H]21. The molecular formula is C23H28N4O3. The molecule has 3 heterocycles. The van der Waals surface area contributed by atoms with Gasteiger partial charge in [0.2, 0.25) is 0 Å². The van der Waals surface area contributed by atoms with Gasteiger partial charge in [0.25, 0.3) is 11.8 Å². The van der Waals surface area contributed by atoms with Gasteiger partial charge in [-0.05, 0) is 51.2 Å². The number of hydrogen-bond acceptors (Lipinski definition) is 5. The Morgan fingerprint density at radius 1 is 1.17 bits per heavy atom. The van der Waals surface area contributed by atoms with Gasteiger partial charge in [-0.1, -0.05) is 18.6 Å². The van der Waals surface area contributed by atoms with Crippen molar-refractivity contribution in [3.8, 4) is 5.75 Å². The second-order valence-electron chi connectivity index (χ2n) is 8.00. The summed E-state index contributed by atoms with van der Waals surface area (Å²) in [6.45, 7) is 3.10. The molecule has 0 saturated carbocycles. The number of likely N-dealkylation sites (tertiary alicyclic amines) is 1. The van der Waals surface area contributed by atoms with Gasteiger partial charge in [0.1, 0.15) is 12.1 Å². The Kier molecular flexibility index (Phi) is 6.26. The first-order valence-corrected chi connectivity index (χ1v) is 10.8. The van der Waals surface area contributed by atoms with E-state index >= 15 is 0 Å². The molecule has 2 amide bonds. The number of aryl methyl sites for hydroxylation is 1. The van der Waals surface area contributed by atoms with Crippen LogP contribution in [0.1, 0.15) is 64.9 Å². The lowest BCUT2D eigenvalue weighted by molar-refractivity contribution is 0.0503. The monoisotopic (exact) mass is 408 g/mol. The standard InChI is InChI=1S/C23H28N4O3/c1-16-18(14-24-15-25-16)23(29)27-12-7-9-19-20(27)10-3-2-6-13-30-21-11-5-4-8-17(21)22(28)26-19/h4-5,8,11,14-15,19-20H,2-3,6-7,9-10,12-13H2,1H3,(H,26,28)/t19-,20-/m0/s1. The highest BCUT2D eigenvalue weighted by Gasteiger charge is 2.36. The van der Waals surface area contributed by atoms with E-state index in [0.29, 0.717) is 35.7 Å². The Balaban J connectivity index is 1.61. The van der Waals surface area contributed by atoms with Crippen LogP contribution in [0, 0.1) is 6.92 Å². The third-order valence-electron chi connectivity index (χ3n) is 6.03. The van der Waals surface area contributed by atoms with E-state index in [-0.39, 0.29) is 23.9 Å². The number of para-hydroxylation sites is 1. The van der Waals surface area contributed by atoms with E-state index in [2.05, 4.69) is 15.3 Å². The van der Waals surface area contributed by atoms with Crippen LogP contribution in [0.5, 0.6) is 5.75 Å². The number of hydrogen-bond donors (Lipinski definition) is 1. The Morgan fingerprint density at radius 3 is 2.90 bits per heavy atom. The van der Waals surface area contributed by atoms with E-state index in [9.17, 15) is 9.59 Å². The fraction of sp³-hybridized carbons (Fsp3) is 0.478. The molecule has 7 nitrogen and oxygen atoms in total.